The third-order valence-corrected chi connectivity index (χ3v) is 6.39. The Morgan fingerprint density at radius 1 is 1.10 bits per heavy atom. The number of hydrogen-bond donors (Lipinski definition) is 1. The van der Waals surface area contributed by atoms with Gasteiger partial charge in [-0.25, -0.2) is 0 Å². The molecule has 0 atom stereocenters. The molecule has 0 aromatic carbocycles. The van der Waals surface area contributed by atoms with Crippen molar-refractivity contribution in [1.29, 1.82) is 0 Å². The maximum atomic E-state index is 12.5. The van der Waals surface area contributed by atoms with Gasteiger partial charge in [-0.15, -0.1) is 0 Å². The van der Waals surface area contributed by atoms with Gasteiger partial charge in [0.25, 0.3) is 0 Å². The first-order valence-electron chi connectivity index (χ1n) is 8.16. The molecule has 0 bridgehead atoms. The standard InChI is InChI=1S/C17H32BrNO/c1-6-17(7-2,12-18)19-15(20)13-8-10-14(11-9-13)16(3,4)5/h13-14H,6-12H2,1-5H3,(H,19,20). The number of halogens is 1. The second kappa shape index (κ2) is 7.29. The zero-order valence-electron chi connectivity index (χ0n) is 13.9. The van der Waals surface area contributed by atoms with E-state index < -0.39 is 0 Å². The molecule has 118 valence electrons. The zero-order valence-corrected chi connectivity index (χ0v) is 15.5. The van der Waals surface area contributed by atoms with Crippen molar-refractivity contribution in [2.24, 2.45) is 17.3 Å². The number of hydrogen-bond acceptors (Lipinski definition) is 1. The highest BCUT2D eigenvalue weighted by atomic mass is 79.9. The molecule has 1 aliphatic rings. The molecule has 0 aromatic rings. The molecule has 20 heavy (non-hydrogen) atoms. The summed E-state index contributed by atoms with van der Waals surface area (Å²) in [4.78, 5) is 12.5. The van der Waals surface area contributed by atoms with Crippen molar-refractivity contribution in [3.05, 3.63) is 0 Å². The van der Waals surface area contributed by atoms with E-state index in [2.05, 4.69) is 55.9 Å². The number of carbonyl (C=O) groups is 1. The SMILES string of the molecule is CCC(CC)(CBr)NC(=O)C1CCC(C(C)(C)C)CC1. The Morgan fingerprint density at radius 2 is 1.60 bits per heavy atom. The lowest BCUT2D eigenvalue weighted by molar-refractivity contribution is -0.128. The minimum atomic E-state index is -0.0576. The van der Waals surface area contributed by atoms with E-state index in [-0.39, 0.29) is 17.4 Å². The molecule has 0 radical (unpaired) electrons. The Bertz CT molecular complexity index is 301. The van der Waals surface area contributed by atoms with Gasteiger partial charge in [-0.3, -0.25) is 4.79 Å². The van der Waals surface area contributed by atoms with Crippen molar-refractivity contribution in [2.45, 2.75) is 78.7 Å². The summed E-state index contributed by atoms with van der Waals surface area (Å²) >= 11 is 3.57. The molecule has 1 amide bonds. The van der Waals surface area contributed by atoms with Crippen molar-refractivity contribution in [2.75, 3.05) is 5.33 Å². The highest BCUT2D eigenvalue weighted by Crippen LogP contribution is 2.40. The Hall–Kier alpha value is -0.0500. The fraction of sp³-hybridized carbons (Fsp3) is 0.941. The Morgan fingerprint density at radius 3 is 1.95 bits per heavy atom. The third-order valence-electron chi connectivity index (χ3n) is 5.32. The second-order valence-electron chi connectivity index (χ2n) is 7.52. The molecule has 0 aromatic heterocycles. The third kappa shape index (κ3) is 4.47. The summed E-state index contributed by atoms with van der Waals surface area (Å²) in [5.41, 5.74) is 0.325. The molecule has 0 unspecified atom stereocenters. The van der Waals surface area contributed by atoms with Crippen LogP contribution in [0.4, 0.5) is 0 Å². The van der Waals surface area contributed by atoms with Gasteiger partial charge in [0, 0.05) is 16.8 Å². The van der Waals surface area contributed by atoms with Crippen molar-refractivity contribution in [3.8, 4) is 0 Å². The van der Waals surface area contributed by atoms with E-state index in [4.69, 9.17) is 0 Å². The molecule has 0 saturated heterocycles. The van der Waals surface area contributed by atoms with E-state index >= 15 is 0 Å². The average molecular weight is 346 g/mol. The molecule has 1 aliphatic carbocycles. The van der Waals surface area contributed by atoms with Crippen molar-refractivity contribution in [1.82, 2.24) is 5.32 Å². The average Bonchev–Trinajstić information content (AvgIpc) is 2.44. The molecule has 0 spiro atoms. The van der Waals surface area contributed by atoms with E-state index in [1.807, 2.05) is 0 Å². The molecular weight excluding hydrogens is 314 g/mol. The molecule has 1 rings (SSSR count). The zero-order chi connectivity index (χ0) is 15.4. The van der Waals surface area contributed by atoms with Crippen molar-refractivity contribution in [3.63, 3.8) is 0 Å². The van der Waals surface area contributed by atoms with Crippen molar-refractivity contribution < 1.29 is 4.79 Å². The van der Waals surface area contributed by atoms with E-state index in [0.29, 0.717) is 5.41 Å². The molecule has 1 saturated carbocycles. The predicted octanol–water partition coefficient (Wildman–Crippen LogP) is 4.91. The van der Waals surface area contributed by atoms with Crippen LogP contribution >= 0.6 is 15.9 Å². The van der Waals surface area contributed by atoms with E-state index in [1.54, 1.807) is 0 Å². The second-order valence-corrected chi connectivity index (χ2v) is 8.09. The van der Waals surface area contributed by atoms with Crippen LogP contribution < -0.4 is 5.32 Å². The van der Waals surface area contributed by atoms with E-state index in [0.717, 1.165) is 36.9 Å². The first kappa shape index (κ1) is 18.0. The summed E-state index contributed by atoms with van der Waals surface area (Å²) in [7, 11) is 0. The van der Waals surface area contributed by atoms with Gasteiger partial charge in [-0.05, 0) is 49.9 Å². The van der Waals surface area contributed by atoms with Crippen LogP contribution in [0.15, 0.2) is 0 Å². The summed E-state index contributed by atoms with van der Waals surface area (Å²) < 4.78 is 0. The molecular formula is C17H32BrNO. The first-order chi connectivity index (χ1) is 9.28. The quantitative estimate of drug-likeness (QED) is 0.704. The molecule has 0 aliphatic heterocycles. The normalized spacial score (nSPS) is 24.5. The van der Waals surface area contributed by atoms with Crippen molar-refractivity contribution >= 4 is 21.8 Å². The summed E-state index contributed by atoms with van der Waals surface area (Å²) in [6, 6.07) is 0. The maximum Gasteiger partial charge on any atom is 0.223 e. The molecule has 1 fully saturated rings. The molecule has 2 nitrogen and oxygen atoms in total. The largest absolute Gasteiger partial charge is 0.350 e. The minimum Gasteiger partial charge on any atom is -0.350 e. The first-order valence-corrected chi connectivity index (χ1v) is 9.28. The molecule has 1 N–H and O–H groups in total. The number of amides is 1. The van der Waals surface area contributed by atoms with Gasteiger partial charge in [-0.1, -0.05) is 50.5 Å². The molecule has 3 heteroatoms. The maximum absolute atomic E-state index is 12.5. The lowest BCUT2D eigenvalue weighted by Crippen LogP contribution is -2.51. The Kier molecular flexibility index (Phi) is 6.56. The minimum absolute atomic E-state index is 0.0576. The predicted molar refractivity (Wildman–Crippen MR) is 90.2 cm³/mol. The molecule has 0 heterocycles. The van der Waals surface area contributed by atoms with Gasteiger partial charge in [0.05, 0.1) is 0 Å². The highest BCUT2D eigenvalue weighted by Gasteiger charge is 2.35. The van der Waals surface area contributed by atoms with Crippen LogP contribution in [0.2, 0.25) is 0 Å². The van der Waals surface area contributed by atoms with Crippen LogP contribution in [0.25, 0.3) is 0 Å². The topological polar surface area (TPSA) is 29.1 Å². The van der Waals surface area contributed by atoms with Crippen LogP contribution in [0.3, 0.4) is 0 Å². The van der Waals surface area contributed by atoms with Crippen LogP contribution in [0, 0.1) is 17.3 Å². The number of alkyl halides is 1. The van der Waals surface area contributed by atoms with Crippen LogP contribution in [-0.2, 0) is 4.79 Å². The van der Waals surface area contributed by atoms with E-state index in [9.17, 15) is 4.79 Å². The fourth-order valence-corrected chi connectivity index (χ4v) is 4.17. The highest BCUT2D eigenvalue weighted by molar-refractivity contribution is 9.09. The Labute approximate surface area is 133 Å². The number of nitrogens with one attached hydrogen (secondary N) is 1. The summed E-state index contributed by atoms with van der Waals surface area (Å²) in [5, 5.41) is 4.16. The van der Waals surface area contributed by atoms with Crippen LogP contribution in [-0.4, -0.2) is 16.8 Å². The number of rotatable bonds is 5. The van der Waals surface area contributed by atoms with Gasteiger partial charge >= 0.3 is 0 Å². The monoisotopic (exact) mass is 345 g/mol. The Balaban J connectivity index is 2.55. The van der Waals surface area contributed by atoms with Gasteiger partial charge in [0.2, 0.25) is 5.91 Å². The summed E-state index contributed by atoms with van der Waals surface area (Å²) in [6.07, 6.45) is 6.47. The van der Waals surface area contributed by atoms with Crippen LogP contribution in [0.5, 0.6) is 0 Å². The fourth-order valence-electron chi connectivity index (χ4n) is 3.23. The lowest BCUT2D eigenvalue weighted by Gasteiger charge is -2.38. The smallest absolute Gasteiger partial charge is 0.223 e. The summed E-state index contributed by atoms with van der Waals surface area (Å²) in [5.74, 6) is 1.27. The summed E-state index contributed by atoms with van der Waals surface area (Å²) in [6.45, 7) is 11.3. The van der Waals surface area contributed by atoms with Crippen LogP contribution in [0.1, 0.15) is 73.1 Å². The van der Waals surface area contributed by atoms with Gasteiger partial charge in [0.15, 0.2) is 0 Å². The van der Waals surface area contributed by atoms with Gasteiger partial charge < -0.3 is 5.32 Å². The van der Waals surface area contributed by atoms with Gasteiger partial charge in [-0.2, -0.15) is 0 Å². The van der Waals surface area contributed by atoms with E-state index in [1.165, 1.54) is 12.8 Å². The lowest BCUT2D eigenvalue weighted by atomic mass is 9.69. The number of carbonyl (C=O) groups excluding carboxylic acids is 1. The van der Waals surface area contributed by atoms with Gasteiger partial charge in [0.1, 0.15) is 0 Å².